The first kappa shape index (κ1) is 49.9. The molecule has 4 aliphatic rings. The number of likely N-dealkylation sites (tertiary alicyclic amines) is 1. The van der Waals surface area contributed by atoms with Crippen molar-refractivity contribution in [2.45, 2.75) is 109 Å². The molecule has 4 aliphatic heterocycles. The van der Waals surface area contributed by atoms with Crippen molar-refractivity contribution in [1.29, 1.82) is 0 Å². The highest BCUT2D eigenvalue weighted by atomic mass is 32.1. The monoisotopic (exact) mass is 978 g/mol. The number of nitrogens with zero attached hydrogens (tertiary/aromatic N) is 7. The van der Waals surface area contributed by atoms with Crippen molar-refractivity contribution in [2.24, 2.45) is 11.3 Å². The van der Waals surface area contributed by atoms with E-state index in [0.717, 1.165) is 44.7 Å². The van der Waals surface area contributed by atoms with Crippen LogP contribution in [0.3, 0.4) is 0 Å². The lowest BCUT2D eigenvalue weighted by Crippen LogP contribution is -2.76. The normalized spacial score (nSPS) is 22.4. The van der Waals surface area contributed by atoms with Crippen molar-refractivity contribution in [3.05, 3.63) is 70.8 Å². The summed E-state index contributed by atoms with van der Waals surface area (Å²) in [5, 5.41) is 6.57. The first-order valence-electron chi connectivity index (χ1n) is 23.8. The molecule has 17 nitrogen and oxygen atoms in total. The zero-order chi connectivity index (χ0) is 49.6. The summed E-state index contributed by atoms with van der Waals surface area (Å²) in [6, 6.07) is 7.79. The Morgan fingerprint density at radius 2 is 1.91 bits per heavy atom. The Morgan fingerprint density at radius 1 is 1.14 bits per heavy atom. The number of carbonyl (C=O) groups is 5. The number of nitrogens with one attached hydrogen (secondary N) is 2. The number of fused-ring (bicyclic) bond motifs is 6. The molecule has 0 unspecified atom stereocenters. The van der Waals surface area contributed by atoms with E-state index in [1.54, 1.807) is 30.2 Å². The van der Waals surface area contributed by atoms with E-state index in [2.05, 4.69) is 77.2 Å². The summed E-state index contributed by atoms with van der Waals surface area (Å²) < 4.78 is 20.5. The number of hydrazine groups is 1. The Hall–Kier alpha value is -5.47. The summed E-state index contributed by atoms with van der Waals surface area (Å²) >= 11 is 1.39. The molecule has 8 rings (SSSR count). The second kappa shape index (κ2) is 19.7. The highest BCUT2D eigenvalue weighted by Gasteiger charge is 2.55. The lowest BCUT2D eigenvalue weighted by molar-refractivity contribution is -0.234. The number of aryl methyl sites for hydroxylation is 1. The number of urea groups is 1. The standard InChI is InChI=1S/C50H64N9O8SSi/c1-10-40(60)56-27-49(28-56)58(20-14-22-67-49)47(64)55(8)42(30(3)4)44(61)53-36-24-39-52-37(26-68-39)32-16-17-38-34(23-32)35(43(57(38)11-2)33-15-12-19-51-41(33)31(5)65-9)25-48(6,7)29-66-46(63)50(69)18-13-21-59(54-50)45(36)62/h10,12,15-17,19,23,26,30-31,36,42,54H,1,11,13-14,18,20-22,24-25,27-29H2,2-9H3,(H,53,61)/t31-,36-,42-,50-/m0/s1. The molecule has 0 saturated carbocycles. The van der Waals surface area contributed by atoms with Gasteiger partial charge in [0.15, 0.2) is 5.72 Å². The maximum absolute atomic E-state index is 14.8. The molecule has 7 heterocycles. The molecule has 2 N–H and O–H groups in total. The van der Waals surface area contributed by atoms with Gasteiger partial charge in [-0.05, 0) is 81.4 Å². The second-order valence-electron chi connectivity index (χ2n) is 19.8. The zero-order valence-corrected chi connectivity index (χ0v) is 42.7. The number of carbonyl (C=O) groups excluding carboxylic acids is 5. The van der Waals surface area contributed by atoms with E-state index in [1.165, 1.54) is 27.3 Å². The van der Waals surface area contributed by atoms with Crippen molar-refractivity contribution in [1.82, 2.24) is 45.0 Å². The summed E-state index contributed by atoms with van der Waals surface area (Å²) in [5.41, 5.74) is 8.07. The minimum atomic E-state index is -1.44. The molecule has 4 atom stereocenters. The van der Waals surface area contributed by atoms with E-state index < -0.39 is 52.2 Å². The predicted molar refractivity (Wildman–Crippen MR) is 263 cm³/mol. The second-order valence-corrected chi connectivity index (χ2v) is 21.6. The van der Waals surface area contributed by atoms with Gasteiger partial charge in [-0.1, -0.05) is 40.3 Å². The van der Waals surface area contributed by atoms with Gasteiger partial charge in [-0.3, -0.25) is 34.1 Å². The van der Waals surface area contributed by atoms with Crippen LogP contribution in [-0.4, -0.2) is 151 Å². The lowest BCUT2D eigenvalue weighted by Gasteiger charge is -2.57. The Balaban J connectivity index is 1.16. The molecule has 3 fully saturated rings. The number of aromatic nitrogens is 3. The molecule has 3 aromatic heterocycles. The topological polar surface area (TPSA) is 181 Å². The van der Waals surface area contributed by atoms with Crippen LogP contribution in [-0.2, 0) is 52.8 Å². The molecule has 367 valence electrons. The first-order valence-corrected chi connectivity index (χ1v) is 25.2. The summed E-state index contributed by atoms with van der Waals surface area (Å²) in [7, 11) is 6.98. The summed E-state index contributed by atoms with van der Waals surface area (Å²) in [5.74, 6) is -2.20. The molecule has 3 radical (unpaired) electrons. The largest absolute Gasteiger partial charge is 0.464 e. The van der Waals surface area contributed by atoms with Crippen LogP contribution in [0.4, 0.5) is 4.79 Å². The Kier molecular flexibility index (Phi) is 14.3. The van der Waals surface area contributed by atoms with Crippen LogP contribution in [0.1, 0.15) is 83.2 Å². The van der Waals surface area contributed by atoms with Crippen LogP contribution in [0.25, 0.3) is 33.4 Å². The molecular formula is C50H64N9O8SSi. The average Bonchev–Trinajstić information content (AvgIpc) is 3.92. The average molecular weight is 979 g/mol. The number of ether oxygens (including phenoxy) is 3. The maximum Gasteiger partial charge on any atom is 0.323 e. The SMILES string of the molecule is C=CC(=O)N1CC2(C1)OCCCN2C(=O)N(C)[C@H](C(=O)N[C@H]1Cc2nc(cs2)-c2ccc3c(c2)c(c(-c2cccnc2[C@H](C)OC)n3CC)CC(C)(C)COC(=O)[C@@]2([Si])CCCN(N2)C1=O)C(C)C. The van der Waals surface area contributed by atoms with Gasteiger partial charge >= 0.3 is 12.0 Å². The molecule has 6 bridgehead atoms. The van der Waals surface area contributed by atoms with Gasteiger partial charge in [-0.2, -0.15) is 0 Å². The fraction of sp³-hybridized carbons (Fsp3) is 0.540. The molecule has 0 aliphatic carbocycles. The number of amides is 5. The van der Waals surface area contributed by atoms with E-state index in [4.69, 9.17) is 24.2 Å². The number of rotatable bonds is 9. The molecule has 69 heavy (non-hydrogen) atoms. The smallest absolute Gasteiger partial charge is 0.323 e. The van der Waals surface area contributed by atoms with E-state index >= 15 is 0 Å². The number of likely N-dealkylation sites (N-methyl/N-ethyl adjacent to an activating group) is 1. The van der Waals surface area contributed by atoms with Gasteiger partial charge in [0.25, 0.3) is 5.91 Å². The van der Waals surface area contributed by atoms with Gasteiger partial charge in [0.1, 0.15) is 17.2 Å². The van der Waals surface area contributed by atoms with Crippen LogP contribution in [0.15, 0.2) is 54.6 Å². The highest BCUT2D eigenvalue weighted by Crippen LogP contribution is 2.42. The van der Waals surface area contributed by atoms with E-state index in [0.29, 0.717) is 50.4 Å². The fourth-order valence-electron chi connectivity index (χ4n) is 10.2. The zero-order valence-electron chi connectivity index (χ0n) is 40.9. The summed E-state index contributed by atoms with van der Waals surface area (Å²) in [6.07, 6.45) is 4.71. The molecule has 4 aromatic rings. The molecule has 1 spiro atoms. The van der Waals surface area contributed by atoms with Crippen LogP contribution >= 0.6 is 11.3 Å². The predicted octanol–water partition coefficient (Wildman–Crippen LogP) is 5.22. The molecule has 19 heteroatoms. The minimum absolute atomic E-state index is 0.0326. The number of cyclic esters (lactones) is 1. The van der Waals surface area contributed by atoms with Gasteiger partial charge in [0.05, 0.1) is 64.7 Å². The number of hydrogen-bond acceptors (Lipinski definition) is 12. The number of thiazole rings is 1. The van der Waals surface area contributed by atoms with Crippen molar-refractivity contribution >= 4 is 62.2 Å². The first-order chi connectivity index (χ1) is 32.8. The highest BCUT2D eigenvalue weighted by molar-refractivity contribution is 7.10. The molecule has 3 saturated heterocycles. The number of methoxy groups -OCH3 is 1. The summed E-state index contributed by atoms with van der Waals surface area (Å²) in [4.78, 5) is 85.0. The van der Waals surface area contributed by atoms with Crippen LogP contribution in [0, 0.1) is 11.3 Å². The minimum Gasteiger partial charge on any atom is -0.464 e. The van der Waals surface area contributed by atoms with Gasteiger partial charge in [0.2, 0.25) is 11.8 Å². The van der Waals surface area contributed by atoms with Gasteiger partial charge in [0, 0.05) is 79.2 Å². The third-order valence-electron chi connectivity index (χ3n) is 13.9. The van der Waals surface area contributed by atoms with Crippen molar-refractivity contribution in [3.63, 3.8) is 0 Å². The number of esters is 1. The third kappa shape index (κ3) is 9.59. The van der Waals surface area contributed by atoms with E-state index in [9.17, 15) is 24.0 Å². The number of hydrogen-bond donors (Lipinski definition) is 2. The lowest BCUT2D eigenvalue weighted by atomic mass is 9.84. The molecule has 1 aromatic carbocycles. The van der Waals surface area contributed by atoms with Crippen LogP contribution < -0.4 is 10.7 Å². The quantitative estimate of drug-likeness (QED) is 0.128. The Labute approximate surface area is 411 Å². The van der Waals surface area contributed by atoms with Gasteiger partial charge in [-0.15, -0.1) is 11.3 Å². The van der Waals surface area contributed by atoms with E-state index in [-0.39, 0.29) is 50.6 Å². The van der Waals surface area contributed by atoms with Crippen molar-refractivity contribution < 1.29 is 38.2 Å². The van der Waals surface area contributed by atoms with Crippen molar-refractivity contribution in [3.8, 4) is 22.5 Å². The molecule has 5 amide bonds. The third-order valence-corrected chi connectivity index (χ3v) is 15.3. The van der Waals surface area contributed by atoms with Crippen molar-refractivity contribution in [2.75, 3.05) is 53.6 Å². The number of pyridine rings is 1. The number of benzene rings is 1. The van der Waals surface area contributed by atoms with E-state index in [1.807, 2.05) is 32.2 Å². The van der Waals surface area contributed by atoms with Crippen LogP contribution in [0.2, 0.25) is 0 Å². The van der Waals surface area contributed by atoms with Gasteiger partial charge < -0.3 is 33.9 Å². The summed E-state index contributed by atoms with van der Waals surface area (Å²) in [6.45, 7) is 17.7. The maximum atomic E-state index is 14.8. The fourth-order valence-corrected chi connectivity index (χ4v) is 11.5. The Morgan fingerprint density at radius 3 is 2.62 bits per heavy atom. The van der Waals surface area contributed by atoms with Gasteiger partial charge in [-0.25, -0.2) is 15.2 Å². The Bertz CT molecular complexity index is 2640. The molecular weight excluding hydrogens is 915 g/mol. The van der Waals surface area contributed by atoms with Crippen LogP contribution in [0.5, 0.6) is 0 Å².